The molecular weight excluding hydrogens is 282 g/mol. The molecular formula is C17H15NO2S. The summed E-state index contributed by atoms with van der Waals surface area (Å²) in [7, 11) is 0. The van der Waals surface area contributed by atoms with Gasteiger partial charge in [0.1, 0.15) is 0 Å². The van der Waals surface area contributed by atoms with Gasteiger partial charge < -0.3 is 10.1 Å². The molecule has 1 atom stereocenters. The van der Waals surface area contributed by atoms with Crippen LogP contribution in [0.4, 0.5) is 0 Å². The maximum Gasteiger partial charge on any atom is 0.304 e. The molecule has 0 saturated heterocycles. The Hall–Kier alpha value is -2.20. The van der Waals surface area contributed by atoms with Gasteiger partial charge in [-0.1, -0.05) is 60.3 Å². The molecule has 3 nitrogen and oxygen atoms in total. The molecule has 1 unspecified atom stereocenters. The lowest BCUT2D eigenvalue weighted by Crippen LogP contribution is -2.03. The average molecular weight is 297 g/mol. The molecule has 0 amide bonds. The minimum Gasteiger partial charge on any atom is -0.481 e. The second-order valence-corrected chi connectivity index (χ2v) is 6.08. The SMILES string of the molecule is O=C(O)CC(Sc1cc2ccccc2[nH]1)c1ccccc1. The monoisotopic (exact) mass is 297 g/mol. The van der Waals surface area contributed by atoms with E-state index in [4.69, 9.17) is 5.11 Å². The van der Waals surface area contributed by atoms with Crippen LogP contribution in [-0.4, -0.2) is 16.1 Å². The number of para-hydroxylation sites is 1. The highest BCUT2D eigenvalue weighted by atomic mass is 32.2. The van der Waals surface area contributed by atoms with Gasteiger partial charge in [0.15, 0.2) is 0 Å². The van der Waals surface area contributed by atoms with Gasteiger partial charge in [-0.3, -0.25) is 4.79 Å². The fourth-order valence-corrected chi connectivity index (χ4v) is 3.51. The number of nitrogens with one attached hydrogen (secondary N) is 1. The summed E-state index contributed by atoms with van der Waals surface area (Å²) in [4.78, 5) is 14.5. The molecule has 0 bridgehead atoms. The third-order valence-electron chi connectivity index (χ3n) is 3.31. The van der Waals surface area contributed by atoms with E-state index in [0.717, 1.165) is 21.5 Å². The van der Waals surface area contributed by atoms with Gasteiger partial charge in [0.2, 0.25) is 0 Å². The molecule has 1 aromatic heterocycles. The van der Waals surface area contributed by atoms with Gasteiger partial charge in [0, 0.05) is 16.2 Å². The number of benzene rings is 2. The van der Waals surface area contributed by atoms with Crippen LogP contribution in [0, 0.1) is 0 Å². The third-order valence-corrected chi connectivity index (χ3v) is 4.50. The van der Waals surface area contributed by atoms with Crippen LogP contribution in [0.2, 0.25) is 0 Å². The highest BCUT2D eigenvalue weighted by Gasteiger charge is 2.17. The van der Waals surface area contributed by atoms with Crippen molar-refractivity contribution < 1.29 is 9.90 Å². The molecule has 0 aliphatic carbocycles. The number of H-pyrrole nitrogens is 1. The zero-order chi connectivity index (χ0) is 14.7. The normalized spacial score (nSPS) is 12.4. The van der Waals surface area contributed by atoms with Crippen LogP contribution in [-0.2, 0) is 4.79 Å². The summed E-state index contributed by atoms with van der Waals surface area (Å²) in [6.45, 7) is 0. The Morgan fingerprint density at radius 1 is 1.10 bits per heavy atom. The lowest BCUT2D eigenvalue weighted by Gasteiger charge is -2.13. The van der Waals surface area contributed by atoms with Crippen LogP contribution in [0.25, 0.3) is 10.9 Å². The molecule has 0 aliphatic heterocycles. The molecule has 2 N–H and O–H groups in total. The summed E-state index contributed by atoms with van der Waals surface area (Å²) in [5.74, 6) is -0.785. The van der Waals surface area contributed by atoms with Crippen LogP contribution in [0.5, 0.6) is 0 Å². The second kappa shape index (κ2) is 6.06. The van der Waals surface area contributed by atoms with Crippen LogP contribution in [0.1, 0.15) is 17.2 Å². The molecule has 4 heteroatoms. The predicted molar refractivity (Wildman–Crippen MR) is 85.6 cm³/mol. The van der Waals surface area contributed by atoms with Crippen molar-refractivity contribution in [3.8, 4) is 0 Å². The Labute approximate surface area is 127 Å². The molecule has 21 heavy (non-hydrogen) atoms. The van der Waals surface area contributed by atoms with Crippen molar-refractivity contribution >= 4 is 28.6 Å². The number of rotatable bonds is 5. The number of carboxylic acids is 1. The number of thioether (sulfide) groups is 1. The van der Waals surface area contributed by atoms with E-state index in [1.807, 2.05) is 54.6 Å². The highest BCUT2D eigenvalue weighted by molar-refractivity contribution is 7.99. The first-order valence-corrected chi connectivity index (χ1v) is 7.61. The number of carboxylic acid groups (broad SMARTS) is 1. The molecule has 0 fully saturated rings. The van der Waals surface area contributed by atoms with Gasteiger partial charge in [0.05, 0.1) is 11.4 Å². The van der Waals surface area contributed by atoms with E-state index in [1.54, 1.807) is 11.8 Å². The first kappa shape index (κ1) is 13.8. The van der Waals surface area contributed by atoms with Crippen molar-refractivity contribution in [1.29, 1.82) is 0 Å². The number of aromatic amines is 1. The lowest BCUT2D eigenvalue weighted by atomic mass is 10.1. The maximum absolute atomic E-state index is 11.1. The smallest absolute Gasteiger partial charge is 0.304 e. The first-order chi connectivity index (χ1) is 10.2. The van der Waals surface area contributed by atoms with E-state index in [0.29, 0.717) is 0 Å². The topological polar surface area (TPSA) is 53.1 Å². The largest absolute Gasteiger partial charge is 0.481 e. The average Bonchev–Trinajstić information content (AvgIpc) is 2.89. The fourth-order valence-electron chi connectivity index (χ4n) is 2.32. The molecule has 106 valence electrons. The summed E-state index contributed by atoms with van der Waals surface area (Å²) in [5, 5.41) is 11.2. The Morgan fingerprint density at radius 3 is 2.52 bits per heavy atom. The van der Waals surface area contributed by atoms with Gasteiger partial charge in [-0.15, -0.1) is 0 Å². The van der Waals surface area contributed by atoms with Gasteiger partial charge >= 0.3 is 5.97 Å². The first-order valence-electron chi connectivity index (χ1n) is 6.73. The Balaban J connectivity index is 1.88. The van der Waals surface area contributed by atoms with Gasteiger partial charge in [-0.25, -0.2) is 0 Å². The summed E-state index contributed by atoms with van der Waals surface area (Å²) in [6, 6.07) is 19.9. The van der Waals surface area contributed by atoms with Crippen molar-refractivity contribution in [1.82, 2.24) is 4.98 Å². The van der Waals surface area contributed by atoms with Crippen molar-refractivity contribution in [3.63, 3.8) is 0 Å². The summed E-state index contributed by atoms with van der Waals surface area (Å²) in [5.41, 5.74) is 2.10. The minimum absolute atomic E-state index is 0.100. The fraction of sp³-hybridized carbons (Fsp3) is 0.118. The van der Waals surface area contributed by atoms with Crippen LogP contribution < -0.4 is 0 Å². The van der Waals surface area contributed by atoms with E-state index in [1.165, 1.54) is 0 Å². The van der Waals surface area contributed by atoms with Gasteiger partial charge in [0.25, 0.3) is 0 Å². The zero-order valence-electron chi connectivity index (χ0n) is 11.3. The molecule has 1 heterocycles. The van der Waals surface area contributed by atoms with Crippen LogP contribution in [0.3, 0.4) is 0 Å². The number of hydrogen-bond donors (Lipinski definition) is 2. The molecule has 2 aromatic carbocycles. The Kier molecular flexibility index (Phi) is 3.97. The molecule has 3 rings (SSSR count). The minimum atomic E-state index is -0.785. The third kappa shape index (κ3) is 3.28. The summed E-state index contributed by atoms with van der Waals surface area (Å²) in [6.07, 6.45) is 0.101. The number of hydrogen-bond acceptors (Lipinski definition) is 2. The van der Waals surface area contributed by atoms with E-state index < -0.39 is 5.97 Å². The molecule has 0 aliphatic rings. The van der Waals surface area contributed by atoms with Crippen LogP contribution in [0.15, 0.2) is 65.7 Å². The van der Waals surface area contributed by atoms with Crippen molar-refractivity contribution in [2.45, 2.75) is 16.7 Å². The summed E-state index contributed by atoms with van der Waals surface area (Å²) < 4.78 is 0. The maximum atomic E-state index is 11.1. The standard InChI is InChI=1S/C17H15NO2S/c19-17(20)11-15(12-6-2-1-3-7-12)21-16-10-13-8-4-5-9-14(13)18-16/h1-10,15,18H,11H2,(H,19,20). The van der Waals surface area contributed by atoms with Crippen LogP contribution >= 0.6 is 11.8 Å². The van der Waals surface area contributed by atoms with Gasteiger partial charge in [-0.2, -0.15) is 0 Å². The summed E-state index contributed by atoms with van der Waals surface area (Å²) >= 11 is 1.56. The van der Waals surface area contributed by atoms with Crippen molar-refractivity contribution in [2.75, 3.05) is 0 Å². The van der Waals surface area contributed by atoms with E-state index in [2.05, 4.69) is 11.1 Å². The molecule has 0 radical (unpaired) electrons. The van der Waals surface area contributed by atoms with Crippen molar-refractivity contribution in [3.05, 3.63) is 66.2 Å². The number of aromatic nitrogens is 1. The molecule has 3 aromatic rings. The molecule has 0 spiro atoms. The Morgan fingerprint density at radius 2 is 1.81 bits per heavy atom. The van der Waals surface area contributed by atoms with Crippen molar-refractivity contribution in [2.24, 2.45) is 0 Å². The van der Waals surface area contributed by atoms with E-state index in [9.17, 15) is 4.79 Å². The van der Waals surface area contributed by atoms with E-state index in [-0.39, 0.29) is 11.7 Å². The van der Waals surface area contributed by atoms with E-state index >= 15 is 0 Å². The second-order valence-electron chi connectivity index (χ2n) is 4.84. The number of carbonyl (C=O) groups is 1. The predicted octanol–water partition coefficient (Wildman–Crippen LogP) is 4.48. The highest BCUT2D eigenvalue weighted by Crippen LogP contribution is 2.38. The quantitative estimate of drug-likeness (QED) is 0.683. The Bertz CT molecular complexity index is 719. The zero-order valence-corrected chi connectivity index (χ0v) is 12.1. The number of fused-ring (bicyclic) bond motifs is 1. The van der Waals surface area contributed by atoms with Gasteiger partial charge in [-0.05, 0) is 17.7 Å². The molecule has 0 saturated carbocycles. The lowest BCUT2D eigenvalue weighted by molar-refractivity contribution is -0.137. The number of aliphatic carboxylic acids is 1.